The van der Waals surface area contributed by atoms with Crippen molar-refractivity contribution in [2.45, 2.75) is 6.92 Å². The first-order valence-corrected chi connectivity index (χ1v) is 7.19. The predicted octanol–water partition coefficient (Wildman–Crippen LogP) is 5.05. The quantitative estimate of drug-likeness (QED) is 0.745. The molecule has 0 atom stereocenters. The van der Waals surface area contributed by atoms with Crippen LogP contribution in [-0.4, -0.2) is 5.91 Å². The van der Waals surface area contributed by atoms with E-state index in [1.807, 2.05) is 6.92 Å². The van der Waals surface area contributed by atoms with Crippen molar-refractivity contribution < 1.29 is 13.6 Å². The standard InChI is InChI=1S/C14H9Br2F2NO/c1-7-4-9(2-3-10(7)16)19-14(20)13-11(17)5-8(15)6-12(13)18/h2-6H,1H3,(H,19,20). The summed E-state index contributed by atoms with van der Waals surface area (Å²) in [5, 5.41) is 2.47. The summed E-state index contributed by atoms with van der Waals surface area (Å²) in [5.41, 5.74) is 0.769. The van der Waals surface area contributed by atoms with Crippen LogP contribution in [0.1, 0.15) is 15.9 Å². The highest BCUT2D eigenvalue weighted by molar-refractivity contribution is 9.10. The van der Waals surface area contributed by atoms with E-state index in [1.54, 1.807) is 18.2 Å². The molecular formula is C14H9Br2F2NO. The molecule has 20 heavy (non-hydrogen) atoms. The first-order chi connectivity index (χ1) is 9.38. The summed E-state index contributed by atoms with van der Waals surface area (Å²) < 4.78 is 28.5. The lowest BCUT2D eigenvalue weighted by atomic mass is 10.1. The van der Waals surface area contributed by atoms with Crippen molar-refractivity contribution in [1.82, 2.24) is 0 Å². The van der Waals surface area contributed by atoms with Crippen LogP contribution in [0.15, 0.2) is 39.3 Å². The Morgan fingerprint density at radius 2 is 1.70 bits per heavy atom. The average Bonchev–Trinajstić information content (AvgIpc) is 2.32. The fraction of sp³-hybridized carbons (Fsp3) is 0.0714. The van der Waals surface area contributed by atoms with Gasteiger partial charge in [0.15, 0.2) is 0 Å². The Hall–Kier alpha value is -1.27. The van der Waals surface area contributed by atoms with Gasteiger partial charge in [0.25, 0.3) is 5.91 Å². The molecule has 0 aromatic heterocycles. The molecule has 0 aliphatic heterocycles. The van der Waals surface area contributed by atoms with Crippen molar-refractivity contribution in [1.29, 1.82) is 0 Å². The van der Waals surface area contributed by atoms with E-state index < -0.39 is 23.1 Å². The van der Waals surface area contributed by atoms with Gasteiger partial charge in [-0.15, -0.1) is 0 Å². The van der Waals surface area contributed by atoms with Gasteiger partial charge in [-0.1, -0.05) is 31.9 Å². The van der Waals surface area contributed by atoms with Gasteiger partial charge < -0.3 is 5.32 Å². The molecule has 6 heteroatoms. The van der Waals surface area contributed by atoms with Crippen LogP contribution in [0.4, 0.5) is 14.5 Å². The topological polar surface area (TPSA) is 29.1 Å². The van der Waals surface area contributed by atoms with E-state index in [1.165, 1.54) is 0 Å². The van der Waals surface area contributed by atoms with E-state index in [2.05, 4.69) is 37.2 Å². The monoisotopic (exact) mass is 403 g/mol. The number of carbonyl (C=O) groups excluding carboxylic acids is 1. The van der Waals surface area contributed by atoms with Crippen molar-refractivity contribution >= 4 is 43.5 Å². The molecule has 0 saturated carbocycles. The second-order valence-corrected chi connectivity index (χ2v) is 5.93. The molecule has 0 radical (unpaired) electrons. The van der Waals surface area contributed by atoms with Gasteiger partial charge in [0.05, 0.1) is 0 Å². The molecule has 0 saturated heterocycles. The molecule has 0 heterocycles. The molecule has 2 aromatic carbocycles. The van der Waals surface area contributed by atoms with Crippen LogP contribution in [0.2, 0.25) is 0 Å². The van der Waals surface area contributed by atoms with Gasteiger partial charge in [-0.3, -0.25) is 4.79 Å². The molecule has 0 unspecified atom stereocenters. The van der Waals surface area contributed by atoms with Crippen LogP contribution >= 0.6 is 31.9 Å². The molecule has 104 valence electrons. The van der Waals surface area contributed by atoms with E-state index >= 15 is 0 Å². The van der Waals surface area contributed by atoms with Crippen LogP contribution in [0.3, 0.4) is 0 Å². The maximum absolute atomic E-state index is 13.7. The zero-order valence-corrected chi connectivity index (χ0v) is 13.5. The van der Waals surface area contributed by atoms with Crippen LogP contribution in [0, 0.1) is 18.6 Å². The first kappa shape index (κ1) is 15.1. The largest absolute Gasteiger partial charge is 0.322 e. The van der Waals surface area contributed by atoms with E-state index in [9.17, 15) is 13.6 Å². The third kappa shape index (κ3) is 3.24. The van der Waals surface area contributed by atoms with Crippen LogP contribution in [0.25, 0.3) is 0 Å². The van der Waals surface area contributed by atoms with Crippen molar-refractivity contribution in [3.05, 3.63) is 62.0 Å². The van der Waals surface area contributed by atoms with Gasteiger partial charge in [0, 0.05) is 14.6 Å². The lowest BCUT2D eigenvalue weighted by molar-refractivity contribution is 0.101. The maximum atomic E-state index is 13.7. The summed E-state index contributed by atoms with van der Waals surface area (Å²) in [6.45, 7) is 1.85. The fourth-order valence-corrected chi connectivity index (χ4v) is 2.32. The number of aryl methyl sites for hydroxylation is 1. The lowest BCUT2D eigenvalue weighted by Crippen LogP contribution is -2.16. The number of anilines is 1. The van der Waals surface area contributed by atoms with Crippen molar-refractivity contribution in [2.24, 2.45) is 0 Å². The summed E-state index contributed by atoms with van der Waals surface area (Å²) in [7, 11) is 0. The SMILES string of the molecule is Cc1cc(NC(=O)c2c(F)cc(Br)cc2F)ccc1Br. The predicted molar refractivity (Wildman–Crippen MR) is 80.9 cm³/mol. The Bertz CT molecular complexity index is 666. The van der Waals surface area contributed by atoms with Crippen molar-refractivity contribution in [3.8, 4) is 0 Å². The van der Waals surface area contributed by atoms with E-state index in [-0.39, 0.29) is 4.47 Å². The van der Waals surface area contributed by atoms with E-state index in [0.717, 1.165) is 22.2 Å². The van der Waals surface area contributed by atoms with Crippen LogP contribution in [0.5, 0.6) is 0 Å². The van der Waals surface area contributed by atoms with Gasteiger partial charge in [0.1, 0.15) is 17.2 Å². The minimum atomic E-state index is -0.914. The summed E-state index contributed by atoms with van der Waals surface area (Å²) >= 11 is 6.30. The zero-order valence-electron chi connectivity index (χ0n) is 10.3. The highest BCUT2D eigenvalue weighted by atomic mass is 79.9. The third-order valence-corrected chi connectivity index (χ3v) is 4.00. The van der Waals surface area contributed by atoms with Gasteiger partial charge in [-0.05, 0) is 42.8 Å². The molecule has 0 fully saturated rings. The average molecular weight is 405 g/mol. The van der Waals surface area contributed by atoms with Crippen molar-refractivity contribution in [2.75, 3.05) is 5.32 Å². The Labute approximate surface area is 131 Å². The summed E-state index contributed by atoms with van der Waals surface area (Å²) in [4.78, 5) is 11.9. The summed E-state index contributed by atoms with van der Waals surface area (Å²) in [5.74, 6) is -2.65. The minimum absolute atomic E-state index is 0.239. The summed E-state index contributed by atoms with van der Waals surface area (Å²) in [6.07, 6.45) is 0. The van der Waals surface area contributed by atoms with E-state index in [0.29, 0.717) is 5.69 Å². The number of hydrogen-bond acceptors (Lipinski definition) is 1. The number of benzene rings is 2. The molecule has 2 aromatic rings. The number of carbonyl (C=O) groups is 1. The number of nitrogens with one attached hydrogen (secondary N) is 1. The molecule has 0 bridgehead atoms. The molecule has 2 nitrogen and oxygen atoms in total. The first-order valence-electron chi connectivity index (χ1n) is 5.60. The highest BCUT2D eigenvalue weighted by Gasteiger charge is 2.18. The normalized spacial score (nSPS) is 10.4. The molecular weight excluding hydrogens is 396 g/mol. The van der Waals surface area contributed by atoms with Gasteiger partial charge in [-0.2, -0.15) is 0 Å². The molecule has 2 rings (SSSR count). The van der Waals surface area contributed by atoms with Gasteiger partial charge in [-0.25, -0.2) is 8.78 Å². The number of amides is 1. The molecule has 1 amide bonds. The second kappa shape index (κ2) is 6.01. The number of halogens is 4. The highest BCUT2D eigenvalue weighted by Crippen LogP contribution is 2.23. The van der Waals surface area contributed by atoms with Gasteiger partial charge in [0.2, 0.25) is 0 Å². The summed E-state index contributed by atoms with van der Waals surface area (Å²) in [6, 6.07) is 7.19. The number of hydrogen-bond donors (Lipinski definition) is 1. The second-order valence-electron chi connectivity index (χ2n) is 4.16. The van der Waals surface area contributed by atoms with Crippen LogP contribution < -0.4 is 5.32 Å². The Morgan fingerprint density at radius 1 is 1.10 bits per heavy atom. The Balaban J connectivity index is 2.31. The maximum Gasteiger partial charge on any atom is 0.261 e. The lowest BCUT2D eigenvalue weighted by Gasteiger charge is -2.09. The smallest absolute Gasteiger partial charge is 0.261 e. The minimum Gasteiger partial charge on any atom is -0.322 e. The molecule has 1 N–H and O–H groups in total. The third-order valence-electron chi connectivity index (χ3n) is 2.65. The van der Waals surface area contributed by atoms with Gasteiger partial charge >= 0.3 is 0 Å². The molecule has 0 aliphatic rings. The zero-order chi connectivity index (χ0) is 14.9. The number of rotatable bonds is 2. The molecule has 0 spiro atoms. The molecule has 0 aliphatic carbocycles. The Morgan fingerprint density at radius 3 is 2.25 bits per heavy atom. The Kier molecular flexibility index (Phi) is 4.55. The van der Waals surface area contributed by atoms with Crippen LogP contribution in [-0.2, 0) is 0 Å². The fourth-order valence-electron chi connectivity index (χ4n) is 1.68. The van der Waals surface area contributed by atoms with E-state index in [4.69, 9.17) is 0 Å². The van der Waals surface area contributed by atoms with Crippen molar-refractivity contribution in [3.63, 3.8) is 0 Å².